The van der Waals surface area contributed by atoms with Crippen LogP contribution >= 0.6 is 0 Å². The monoisotopic (exact) mass is 2000 g/mol. The van der Waals surface area contributed by atoms with Gasteiger partial charge in [0.1, 0.15) is 40.8 Å². The van der Waals surface area contributed by atoms with Crippen molar-refractivity contribution in [2.75, 3.05) is 90.5 Å². The Kier molecular flexibility index (Phi) is 40.3. The number of hydrogen-bond acceptors (Lipinski definition) is 20. The fourth-order valence-electron chi connectivity index (χ4n) is 40.6. The minimum atomic E-state index is -0.747. The fraction of sp³-hybridized carbons (Fsp3) is 0.967. The van der Waals surface area contributed by atoms with E-state index in [0.717, 1.165) is 114 Å². The van der Waals surface area contributed by atoms with E-state index in [1.807, 2.05) is 0 Å². The number of ether oxygens (including phenoxy) is 13. The van der Waals surface area contributed by atoms with Crippen LogP contribution in [0.2, 0.25) is 0 Å². The summed E-state index contributed by atoms with van der Waals surface area (Å²) in [5.41, 5.74) is 6.46. The zero-order valence-electron chi connectivity index (χ0n) is 94.1. The van der Waals surface area contributed by atoms with Crippen LogP contribution in [-0.2, 0) is 76.0 Å². The number of nitriles is 1. The molecule has 16 aliphatic carbocycles. The van der Waals surface area contributed by atoms with Gasteiger partial charge in [-0.15, -0.1) is 0 Å². The highest BCUT2D eigenvalue weighted by atomic mass is 16.7. The van der Waals surface area contributed by atoms with Gasteiger partial charge in [-0.25, -0.2) is 0 Å². The van der Waals surface area contributed by atoms with Gasteiger partial charge in [-0.3, -0.25) is 14.4 Å². The van der Waals surface area contributed by atoms with Gasteiger partial charge < -0.3 is 87.7 Å². The van der Waals surface area contributed by atoms with E-state index in [4.69, 9.17) is 72.4 Å². The summed E-state index contributed by atoms with van der Waals surface area (Å²) in [4.78, 5) is 34.8. The Morgan fingerprint density at radius 2 is 0.662 bits per heavy atom. The second-order valence-corrected chi connectivity index (χ2v) is 53.1. The van der Waals surface area contributed by atoms with Crippen LogP contribution in [0.5, 0.6) is 0 Å². The second kappa shape index (κ2) is 49.2. The molecule has 0 radical (unpaired) electrons. The lowest BCUT2D eigenvalue weighted by Crippen LogP contribution is -2.65. The molecule has 22 heteroatoms. The maximum Gasteiger partial charge on any atom is 0.305 e. The smallest absolute Gasteiger partial charge is 0.305 e. The Morgan fingerprint density at radius 3 is 0.986 bits per heavy atom. The lowest BCUT2D eigenvalue weighted by molar-refractivity contribution is -0.262. The third-order valence-electron chi connectivity index (χ3n) is 47.4. The summed E-state index contributed by atoms with van der Waals surface area (Å²) in [7, 11) is 12.0. The number of carboxylic acids is 1. The van der Waals surface area contributed by atoms with Gasteiger partial charge in [0.25, 0.3) is 0 Å². The first-order valence-electron chi connectivity index (χ1n) is 58.2. The van der Waals surface area contributed by atoms with Crippen molar-refractivity contribution in [3.63, 3.8) is 0 Å². The van der Waals surface area contributed by atoms with Gasteiger partial charge in [-0.1, -0.05) is 176 Å². The second-order valence-electron chi connectivity index (χ2n) is 53.1. The number of rotatable bonds is 37. The molecule has 0 aromatic heterocycles. The van der Waals surface area contributed by atoms with Gasteiger partial charge in [-0.05, 0) is 371 Å². The molecule has 16 saturated carbocycles. The third kappa shape index (κ3) is 21.8. The molecule has 16 aliphatic rings. The van der Waals surface area contributed by atoms with Crippen molar-refractivity contribution in [1.82, 2.24) is 0 Å². The number of amides is 1. The largest absolute Gasteiger partial charge is 0.481 e. The standard InChI is InChI=1S/C32H56O6.C31H55NO5.C31H53NO4.C26H44O5/c1-9-22-25-16-20(2)14-15-31(25,4)26-17-27(37-18-34-6)32(5)23(21(3)10-13-28(33)36-8)11-12-24(32)29(26)30(22)38-19-35-7;1-8-21-24-15-19(2)13-14-30(24,4)25-16-26(36-17-34-6)31(5)22(20(3)9-12-27(32)33)10-11-23(31)28(25)29(21)37-18-35-7;1-8-22-25-16-20(2)13-14-30(25,4)26-17-27(35-18-33-6)31(5)23(21(3)10-9-15-32)11-12-24(31)28(26)29(22)36-19-34-7;1-5-16-19-12-15(27)10-11-25(19,3)20-13-21(28)26(4)17(14(2)6-9-22(29)30)7-8-18(26)23(20)24(16)31/h20-27,29-30H,9-19H2,1-8H3;19-26,28-29H,8-18H2,1-7H3,(H2,32,33);20-29H,8-14,16-19H2,1-7H3;14-21,23-24,27-28,31H,5-13H2,1-4H3,(H,29,30)/t20-,21-,22-,23-,24?,25+,26?,27+,29?,30-,31+,32-;19-,20-,21-,22-,23?,24+,25?,26+,28?,29-,30+,31-;20-,21-,22-,23-,24?,25+,26?,27+,28?,29-,30+,31-;14-,15-,16-,17-,18?,19+,20?,21+,23?,24-,25+,26-/m1111/s1. The van der Waals surface area contributed by atoms with E-state index in [9.17, 15) is 35.0 Å². The number of primary amides is 1. The number of aliphatic hydroxyl groups excluding tert-OH is 3. The van der Waals surface area contributed by atoms with E-state index in [1.165, 1.54) is 110 Å². The minimum absolute atomic E-state index is 0.0212. The summed E-state index contributed by atoms with van der Waals surface area (Å²) in [5, 5.41) is 52.2. The Hall–Kier alpha value is -2.70. The van der Waals surface area contributed by atoms with Crippen molar-refractivity contribution in [2.45, 2.75) is 418 Å². The van der Waals surface area contributed by atoms with Gasteiger partial charge >= 0.3 is 11.9 Å². The maximum atomic E-state index is 12.0. The molecule has 0 aromatic carbocycles. The number of nitrogens with zero attached hydrogens (tertiary/aromatic N) is 1. The van der Waals surface area contributed by atoms with Crippen LogP contribution in [0.1, 0.15) is 363 Å². The summed E-state index contributed by atoms with van der Waals surface area (Å²) >= 11 is 0. The first kappa shape index (κ1) is 116. The number of aliphatic carboxylic acids is 1. The predicted octanol–water partition coefficient (Wildman–Crippen LogP) is 23.9. The summed E-state index contributed by atoms with van der Waals surface area (Å²) in [6, 6.07) is 2.40. The number of esters is 1. The molecule has 1 amide bonds. The molecule has 12 unspecified atom stereocenters. The summed E-state index contributed by atoms with van der Waals surface area (Å²) < 4.78 is 78.1. The third-order valence-corrected chi connectivity index (χ3v) is 47.4. The topological polar surface area (TPSA) is 302 Å². The van der Waals surface area contributed by atoms with E-state index in [-0.39, 0.29) is 118 Å². The molecule has 0 heterocycles. The van der Waals surface area contributed by atoms with E-state index in [1.54, 1.807) is 42.7 Å². The quantitative estimate of drug-likeness (QED) is 0.0285. The normalized spacial score (nSPS) is 47.5. The van der Waals surface area contributed by atoms with Crippen molar-refractivity contribution in [1.29, 1.82) is 5.26 Å². The Morgan fingerprint density at radius 1 is 0.359 bits per heavy atom. The predicted molar refractivity (Wildman–Crippen MR) is 555 cm³/mol. The molecule has 48 atom stereocenters. The molecular formula is C120H208N2O20. The molecule has 0 aromatic rings. The minimum Gasteiger partial charge on any atom is -0.481 e. The summed E-state index contributed by atoms with van der Waals surface area (Å²) in [6.07, 6.45) is 37.5. The highest BCUT2D eigenvalue weighted by Crippen LogP contribution is 2.77. The maximum absolute atomic E-state index is 12.0. The Balaban J connectivity index is 0.000000159. The lowest BCUT2D eigenvalue weighted by Gasteiger charge is -2.66. The number of fused-ring (bicyclic) bond motifs is 20. The fourth-order valence-corrected chi connectivity index (χ4v) is 40.6. The van der Waals surface area contributed by atoms with E-state index in [2.05, 4.69) is 138 Å². The van der Waals surface area contributed by atoms with Crippen LogP contribution in [0.15, 0.2) is 0 Å². The zero-order valence-corrected chi connectivity index (χ0v) is 94.1. The van der Waals surface area contributed by atoms with Gasteiger partial charge in [0.15, 0.2) is 0 Å². The highest BCUT2D eigenvalue weighted by Gasteiger charge is 2.74. The number of nitrogens with two attached hydrogens (primary N) is 1. The Bertz CT molecular complexity index is 4000. The molecule has 0 spiro atoms. The van der Waals surface area contributed by atoms with Crippen molar-refractivity contribution >= 4 is 17.8 Å². The van der Waals surface area contributed by atoms with E-state index >= 15 is 0 Å². The molecule has 0 aliphatic heterocycles. The number of carbonyl (C=O) groups is 3. The van der Waals surface area contributed by atoms with E-state index < -0.39 is 12.1 Å². The molecule has 22 nitrogen and oxygen atoms in total. The van der Waals surface area contributed by atoms with Gasteiger partial charge in [0.05, 0.1) is 68.1 Å². The van der Waals surface area contributed by atoms with Crippen molar-refractivity contribution < 1.29 is 96.4 Å². The molecule has 0 bridgehead atoms. The number of carboxylic acid groups (broad SMARTS) is 1. The van der Waals surface area contributed by atoms with Crippen LogP contribution in [0, 0.1) is 238 Å². The number of aliphatic hydroxyl groups is 3. The lowest BCUT2D eigenvalue weighted by atomic mass is 9.40. The molecule has 818 valence electrons. The SMILES string of the molecule is CC[C@H]1[C@@H](O)C2C3CC[C@H]([C@H](C)CCC(=O)O)[C@@]3(C)[C@@H](O)CC2[C@@]2(C)CC[C@@H](O)C[C@@H]12.CC[C@H]1[C@@H](OCOC)C2C3CC[C@H]([C@H](C)CCC#N)[C@@]3(C)[C@@H](OCOC)CC2[C@@]2(C)CC[C@@H](C)C[C@@H]12.CC[C@H]1[C@@H](OCOC)C2C3CC[C@H]([C@H](C)CCC(=O)OC)[C@@]3(C)[C@@H](OCOC)CC2[C@@]2(C)CC[C@@H](C)C[C@@H]12.CC[C@H]1[C@@H](OCOC)C2C3CC[C@H]([C@H](C)CCC(N)=O)[C@@]3(C)[C@@H](OCOC)CC2[C@@]2(C)CC[C@@H](C)C[C@@H]12. The van der Waals surface area contributed by atoms with E-state index in [0.29, 0.717) is 225 Å². The summed E-state index contributed by atoms with van der Waals surface area (Å²) in [5.74, 6) is 14.9. The first-order chi connectivity index (χ1) is 67.6. The van der Waals surface area contributed by atoms with Crippen LogP contribution in [0.3, 0.4) is 0 Å². The number of hydrogen-bond donors (Lipinski definition) is 5. The molecule has 6 N–H and O–H groups in total. The molecule has 142 heavy (non-hydrogen) atoms. The van der Waals surface area contributed by atoms with Crippen LogP contribution in [0.25, 0.3) is 0 Å². The molecule has 16 fully saturated rings. The van der Waals surface area contributed by atoms with Crippen molar-refractivity contribution in [3.8, 4) is 6.07 Å². The average molecular weight is 2000 g/mol. The van der Waals surface area contributed by atoms with Crippen molar-refractivity contribution in [2.24, 2.45) is 233 Å². The Labute approximate surface area is 861 Å². The molecule has 16 rings (SSSR count). The number of methoxy groups -OCH3 is 7. The van der Waals surface area contributed by atoms with Gasteiger partial charge in [0, 0.05) is 84.6 Å². The average Bonchev–Trinajstić information content (AvgIpc) is 1.44. The van der Waals surface area contributed by atoms with Gasteiger partial charge in [-0.2, -0.15) is 5.26 Å². The summed E-state index contributed by atoms with van der Waals surface area (Å²) in [6.45, 7) is 48.1. The number of carbonyl (C=O) groups excluding carboxylic acids is 2. The highest BCUT2D eigenvalue weighted by molar-refractivity contribution is 5.73. The molecular weight excluding hydrogens is 1790 g/mol. The first-order valence-corrected chi connectivity index (χ1v) is 58.2. The van der Waals surface area contributed by atoms with Crippen molar-refractivity contribution in [3.05, 3.63) is 0 Å². The molecule has 0 saturated heterocycles. The van der Waals surface area contributed by atoms with Crippen LogP contribution in [0.4, 0.5) is 0 Å². The zero-order chi connectivity index (χ0) is 103. The van der Waals surface area contributed by atoms with Crippen LogP contribution < -0.4 is 5.73 Å². The van der Waals surface area contributed by atoms with Gasteiger partial charge in [0.2, 0.25) is 5.91 Å². The van der Waals surface area contributed by atoms with Crippen LogP contribution in [-0.4, -0.2) is 184 Å².